The first-order valence-corrected chi connectivity index (χ1v) is 4.94. The molecule has 0 unspecified atom stereocenters. The molecule has 1 saturated heterocycles. The zero-order valence-corrected chi connectivity index (χ0v) is 8.75. The Morgan fingerprint density at radius 1 is 1.36 bits per heavy atom. The summed E-state index contributed by atoms with van der Waals surface area (Å²) in [4.78, 5) is 13.2. The molecule has 1 rings (SSSR count). The maximum absolute atomic E-state index is 11.5. The van der Waals surface area contributed by atoms with Gasteiger partial charge in [-0.05, 0) is 33.1 Å². The average Bonchev–Trinajstić information content (AvgIpc) is 2.19. The molecule has 0 aromatic heterocycles. The first kappa shape index (κ1) is 10.8. The Bertz CT molecular complexity index is 249. The molecule has 0 aromatic rings. The normalized spacial score (nSPS) is 17.4. The Morgan fingerprint density at radius 2 is 1.93 bits per heavy atom. The van der Waals surface area contributed by atoms with Gasteiger partial charge in [-0.1, -0.05) is 0 Å². The van der Waals surface area contributed by atoms with Crippen LogP contribution in [0, 0.1) is 11.3 Å². The minimum Gasteiger partial charge on any atom is -0.428 e. The molecule has 4 heteroatoms. The Labute approximate surface area is 84.4 Å². The molecule has 1 heterocycles. The zero-order chi connectivity index (χ0) is 10.6. The number of ether oxygens (including phenoxy) is 1. The summed E-state index contributed by atoms with van der Waals surface area (Å²) in [6.07, 6.45) is 2.87. The number of hydrogen-bond donors (Lipinski definition) is 0. The maximum atomic E-state index is 11.5. The molecule has 78 valence electrons. The molecule has 0 N–H and O–H groups in total. The Kier molecular flexibility index (Phi) is 3.34. The van der Waals surface area contributed by atoms with Crippen LogP contribution in [0.1, 0.15) is 33.1 Å². The van der Waals surface area contributed by atoms with E-state index in [1.165, 1.54) is 6.42 Å². The second-order valence-electron chi connectivity index (χ2n) is 4.04. The van der Waals surface area contributed by atoms with Crippen LogP contribution < -0.4 is 0 Å². The molecule has 0 spiro atoms. The van der Waals surface area contributed by atoms with Crippen LogP contribution in [-0.2, 0) is 4.74 Å². The van der Waals surface area contributed by atoms with Crippen LogP contribution in [0.2, 0.25) is 0 Å². The molecular weight excluding hydrogens is 180 g/mol. The lowest BCUT2D eigenvalue weighted by molar-refractivity contribution is 0.0408. The van der Waals surface area contributed by atoms with Gasteiger partial charge in [-0.25, -0.2) is 4.79 Å². The molecule has 14 heavy (non-hydrogen) atoms. The first-order valence-electron chi connectivity index (χ1n) is 4.94. The van der Waals surface area contributed by atoms with Gasteiger partial charge in [0.05, 0.1) is 0 Å². The van der Waals surface area contributed by atoms with E-state index in [4.69, 9.17) is 10.00 Å². The number of likely N-dealkylation sites (tertiary alicyclic amines) is 1. The summed E-state index contributed by atoms with van der Waals surface area (Å²) in [6.45, 7) is 4.68. The third kappa shape index (κ3) is 2.91. The number of amides is 1. The van der Waals surface area contributed by atoms with Crippen molar-refractivity contribution in [1.29, 1.82) is 5.26 Å². The van der Waals surface area contributed by atoms with Crippen LogP contribution in [0.15, 0.2) is 0 Å². The van der Waals surface area contributed by atoms with Gasteiger partial charge < -0.3 is 9.64 Å². The number of piperidine rings is 1. The third-order valence-electron chi connectivity index (χ3n) is 2.23. The molecule has 1 aliphatic rings. The maximum Gasteiger partial charge on any atom is 0.411 e. The molecule has 0 saturated carbocycles. The van der Waals surface area contributed by atoms with Crippen LogP contribution in [0.3, 0.4) is 0 Å². The van der Waals surface area contributed by atoms with Crippen molar-refractivity contribution in [3.05, 3.63) is 0 Å². The van der Waals surface area contributed by atoms with Gasteiger partial charge in [0.2, 0.25) is 0 Å². The van der Waals surface area contributed by atoms with Crippen LogP contribution in [0.25, 0.3) is 0 Å². The summed E-state index contributed by atoms with van der Waals surface area (Å²) in [7, 11) is 0. The number of nitrogens with zero attached hydrogens (tertiary/aromatic N) is 2. The molecular formula is C10H16N2O2. The molecule has 1 amide bonds. The fourth-order valence-corrected chi connectivity index (χ4v) is 1.38. The van der Waals surface area contributed by atoms with Gasteiger partial charge in [-0.15, -0.1) is 0 Å². The third-order valence-corrected chi connectivity index (χ3v) is 2.23. The molecule has 0 aromatic carbocycles. The number of carbonyl (C=O) groups is 1. The first-order chi connectivity index (χ1) is 6.55. The predicted molar refractivity (Wildman–Crippen MR) is 51.6 cm³/mol. The van der Waals surface area contributed by atoms with Crippen LogP contribution in [0.5, 0.6) is 0 Å². The van der Waals surface area contributed by atoms with E-state index in [9.17, 15) is 4.79 Å². The van der Waals surface area contributed by atoms with Gasteiger partial charge in [0, 0.05) is 13.1 Å². The second-order valence-corrected chi connectivity index (χ2v) is 4.04. The van der Waals surface area contributed by atoms with Gasteiger partial charge in [-0.3, -0.25) is 0 Å². The Hall–Kier alpha value is -1.24. The van der Waals surface area contributed by atoms with E-state index in [-0.39, 0.29) is 6.09 Å². The molecule has 1 aliphatic heterocycles. The summed E-state index contributed by atoms with van der Waals surface area (Å²) < 4.78 is 5.05. The monoisotopic (exact) mass is 196 g/mol. The van der Waals surface area contributed by atoms with E-state index in [0.717, 1.165) is 25.9 Å². The molecule has 0 bridgehead atoms. The van der Waals surface area contributed by atoms with Crippen LogP contribution in [0.4, 0.5) is 4.79 Å². The van der Waals surface area contributed by atoms with Gasteiger partial charge in [0.25, 0.3) is 0 Å². The predicted octanol–water partition coefficient (Wildman–Crippen LogP) is 1.91. The number of carbonyl (C=O) groups excluding carboxylic acids is 1. The summed E-state index contributed by atoms with van der Waals surface area (Å²) in [5, 5.41) is 8.70. The molecule has 4 nitrogen and oxygen atoms in total. The standard InChI is InChI=1S/C10H16N2O2/c1-10(2,8-11)14-9(13)12-6-4-3-5-7-12/h3-7H2,1-2H3. The largest absolute Gasteiger partial charge is 0.428 e. The van der Waals surface area contributed by atoms with Crippen molar-refractivity contribution < 1.29 is 9.53 Å². The molecule has 0 atom stereocenters. The smallest absolute Gasteiger partial charge is 0.411 e. The fraction of sp³-hybridized carbons (Fsp3) is 0.800. The quantitative estimate of drug-likeness (QED) is 0.643. The fourth-order valence-electron chi connectivity index (χ4n) is 1.38. The summed E-state index contributed by atoms with van der Waals surface area (Å²) in [5.41, 5.74) is -1.02. The van der Waals surface area contributed by atoms with Crippen molar-refractivity contribution in [1.82, 2.24) is 4.90 Å². The topological polar surface area (TPSA) is 53.3 Å². The number of hydrogen-bond acceptors (Lipinski definition) is 3. The lowest BCUT2D eigenvalue weighted by atomic mass is 10.1. The van der Waals surface area contributed by atoms with E-state index >= 15 is 0 Å². The highest BCUT2D eigenvalue weighted by Gasteiger charge is 2.26. The lowest BCUT2D eigenvalue weighted by Crippen LogP contribution is -2.40. The molecule has 0 aliphatic carbocycles. The highest BCUT2D eigenvalue weighted by molar-refractivity contribution is 5.68. The van der Waals surface area contributed by atoms with Crippen molar-refractivity contribution in [3.63, 3.8) is 0 Å². The van der Waals surface area contributed by atoms with Crippen molar-refractivity contribution in [3.8, 4) is 6.07 Å². The average molecular weight is 196 g/mol. The van der Waals surface area contributed by atoms with E-state index in [1.807, 2.05) is 6.07 Å². The molecule has 0 radical (unpaired) electrons. The van der Waals surface area contributed by atoms with Crippen molar-refractivity contribution in [2.24, 2.45) is 0 Å². The summed E-state index contributed by atoms with van der Waals surface area (Å²) in [6, 6.07) is 1.94. The van der Waals surface area contributed by atoms with E-state index in [1.54, 1.807) is 18.7 Å². The van der Waals surface area contributed by atoms with E-state index in [2.05, 4.69) is 0 Å². The van der Waals surface area contributed by atoms with Crippen LogP contribution in [-0.4, -0.2) is 29.7 Å². The Balaban J connectivity index is 2.45. The van der Waals surface area contributed by atoms with Crippen LogP contribution >= 0.6 is 0 Å². The number of nitriles is 1. The number of rotatable bonds is 1. The van der Waals surface area contributed by atoms with Gasteiger partial charge >= 0.3 is 6.09 Å². The minimum absolute atomic E-state index is 0.365. The summed E-state index contributed by atoms with van der Waals surface area (Å²) in [5.74, 6) is 0. The van der Waals surface area contributed by atoms with Gasteiger partial charge in [0.1, 0.15) is 6.07 Å². The lowest BCUT2D eigenvalue weighted by Gasteiger charge is -2.28. The van der Waals surface area contributed by atoms with E-state index in [0.29, 0.717) is 0 Å². The Morgan fingerprint density at radius 3 is 2.43 bits per heavy atom. The van der Waals surface area contributed by atoms with Gasteiger partial charge in [-0.2, -0.15) is 5.26 Å². The van der Waals surface area contributed by atoms with Crippen molar-refractivity contribution >= 4 is 6.09 Å². The van der Waals surface area contributed by atoms with Gasteiger partial charge in [0.15, 0.2) is 5.60 Å². The van der Waals surface area contributed by atoms with E-state index < -0.39 is 5.60 Å². The SMILES string of the molecule is CC(C)(C#N)OC(=O)N1CCCCC1. The van der Waals surface area contributed by atoms with Crippen molar-refractivity contribution in [2.75, 3.05) is 13.1 Å². The highest BCUT2D eigenvalue weighted by atomic mass is 16.6. The molecule has 1 fully saturated rings. The summed E-state index contributed by atoms with van der Waals surface area (Å²) >= 11 is 0. The zero-order valence-electron chi connectivity index (χ0n) is 8.75. The van der Waals surface area contributed by atoms with Crippen molar-refractivity contribution in [2.45, 2.75) is 38.7 Å². The minimum atomic E-state index is -1.02. The highest BCUT2D eigenvalue weighted by Crippen LogP contribution is 2.14. The second kappa shape index (κ2) is 4.32.